The maximum Gasteiger partial charge on any atom is 0.264 e. The molecule has 0 heterocycles. The topological polar surface area (TPSA) is 61.8 Å². The summed E-state index contributed by atoms with van der Waals surface area (Å²) in [5, 5.41) is 0.248. The summed E-state index contributed by atoms with van der Waals surface area (Å²) in [5.41, 5.74) is -0.405. The van der Waals surface area contributed by atoms with Crippen LogP contribution in [0.3, 0.4) is 0 Å². The molecule has 0 aromatic heterocycles. The van der Waals surface area contributed by atoms with Crippen LogP contribution in [0.15, 0.2) is 0 Å². The first-order chi connectivity index (χ1) is 13.2. The zero-order chi connectivity index (χ0) is 23.4. The lowest BCUT2D eigenvalue weighted by Gasteiger charge is -2.41. The van der Waals surface area contributed by atoms with Crippen LogP contribution < -0.4 is 0 Å². The van der Waals surface area contributed by atoms with Crippen molar-refractivity contribution in [2.24, 2.45) is 10.8 Å². The average Bonchev–Trinajstić information content (AvgIpc) is 3.42. The van der Waals surface area contributed by atoms with E-state index in [2.05, 4.69) is 67.7 Å². The maximum atomic E-state index is 12.2. The molecule has 30 heavy (non-hydrogen) atoms. The molecule has 0 aromatic rings. The van der Waals surface area contributed by atoms with Crippen LogP contribution in [-0.4, -0.2) is 50.6 Å². The molecule has 2 fully saturated rings. The average molecular weight is 479 g/mol. The van der Waals surface area contributed by atoms with Crippen molar-refractivity contribution in [2.45, 2.75) is 110 Å². The third-order valence-corrected chi connectivity index (χ3v) is 17.7. The van der Waals surface area contributed by atoms with Gasteiger partial charge in [-0.2, -0.15) is 8.42 Å². The summed E-state index contributed by atoms with van der Waals surface area (Å²) >= 11 is 0. The standard InChI is InChI=1S/C22H46O5SSi2/c1-19(2,3)29(8,9)25-16-21(12-13-21)18(27-28(7,23)24)22(14-15-22)17-26-30(10,11)20(4,5)6/h18H,12-17H2,1-11H3. The minimum absolute atomic E-state index is 0.124. The van der Waals surface area contributed by atoms with Crippen LogP contribution >= 0.6 is 0 Å². The van der Waals surface area contributed by atoms with E-state index in [1.807, 2.05) is 0 Å². The second kappa shape index (κ2) is 7.94. The first-order valence-corrected chi connectivity index (χ1v) is 19.0. The van der Waals surface area contributed by atoms with Crippen LogP contribution in [0.5, 0.6) is 0 Å². The normalized spacial score (nSPS) is 21.7. The molecule has 0 bridgehead atoms. The fraction of sp³-hybridized carbons (Fsp3) is 1.00. The monoisotopic (exact) mass is 478 g/mol. The summed E-state index contributed by atoms with van der Waals surface area (Å²) < 4.78 is 43.4. The molecule has 2 rings (SSSR count). The molecule has 0 spiro atoms. The number of rotatable bonds is 10. The van der Waals surface area contributed by atoms with Crippen molar-refractivity contribution >= 4 is 26.8 Å². The molecular weight excluding hydrogens is 432 g/mol. The molecule has 5 nitrogen and oxygen atoms in total. The van der Waals surface area contributed by atoms with Crippen molar-refractivity contribution in [1.82, 2.24) is 0 Å². The van der Waals surface area contributed by atoms with E-state index in [1.165, 1.54) is 6.26 Å². The van der Waals surface area contributed by atoms with E-state index in [4.69, 9.17) is 13.0 Å². The highest BCUT2D eigenvalue weighted by Gasteiger charge is 2.65. The van der Waals surface area contributed by atoms with Gasteiger partial charge < -0.3 is 8.85 Å². The van der Waals surface area contributed by atoms with Gasteiger partial charge >= 0.3 is 0 Å². The van der Waals surface area contributed by atoms with Gasteiger partial charge in [-0.25, -0.2) is 0 Å². The highest BCUT2D eigenvalue weighted by molar-refractivity contribution is 7.86. The molecule has 2 aliphatic rings. The van der Waals surface area contributed by atoms with Gasteiger partial charge in [0, 0.05) is 24.0 Å². The Balaban J connectivity index is 2.22. The lowest BCUT2D eigenvalue weighted by Crippen LogP contribution is -2.48. The van der Waals surface area contributed by atoms with Crippen LogP contribution in [0.2, 0.25) is 36.3 Å². The van der Waals surface area contributed by atoms with E-state index in [0.717, 1.165) is 25.7 Å². The number of hydrogen-bond donors (Lipinski definition) is 0. The smallest absolute Gasteiger partial charge is 0.264 e. The fourth-order valence-corrected chi connectivity index (χ4v) is 6.32. The van der Waals surface area contributed by atoms with Gasteiger partial charge in [-0.1, -0.05) is 41.5 Å². The van der Waals surface area contributed by atoms with Gasteiger partial charge in [-0.15, -0.1) is 0 Å². The summed E-state index contributed by atoms with van der Waals surface area (Å²) in [6, 6.07) is 0. The fourth-order valence-electron chi connectivity index (χ4n) is 3.40. The van der Waals surface area contributed by atoms with E-state index in [9.17, 15) is 8.42 Å². The summed E-state index contributed by atoms with van der Waals surface area (Å²) in [6.07, 6.45) is 4.67. The predicted molar refractivity (Wildman–Crippen MR) is 129 cm³/mol. The van der Waals surface area contributed by atoms with Gasteiger partial charge in [-0.3, -0.25) is 4.18 Å². The highest BCUT2D eigenvalue weighted by Crippen LogP contribution is 2.64. The van der Waals surface area contributed by atoms with Crippen molar-refractivity contribution in [1.29, 1.82) is 0 Å². The van der Waals surface area contributed by atoms with Gasteiger partial charge in [0.05, 0.1) is 12.4 Å². The van der Waals surface area contributed by atoms with Crippen molar-refractivity contribution in [3.8, 4) is 0 Å². The second-order valence-electron chi connectivity index (χ2n) is 13.0. The third-order valence-electron chi connectivity index (χ3n) is 8.22. The summed E-state index contributed by atoms with van der Waals surface area (Å²) in [4.78, 5) is 0. The van der Waals surface area contributed by atoms with E-state index < -0.39 is 26.8 Å². The number of hydrogen-bond acceptors (Lipinski definition) is 5. The third kappa shape index (κ3) is 5.98. The lowest BCUT2D eigenvalue weighted by atomic mass is 9.86. The maximum absolute atomic E-state index is 12.2. The SMILES string of the molecule is CC(C)(C)[Si](C)(C)OCC1(C(OS(C)(=O)=O)C2(CO[Si](C)(C)C(C)(C)C)CC2)CC1. The highest BCUT2D eigenvalue weighted by atomic mass is 32.2. The molecular formula is C22H46O5SSi2. The van der Waals surface area contributed by atoms with E-state index >= 15 is 0 Å². The Morgan fingerprint density at radius 3 is 1.27 bits per heavy atom. The molecule has 0 N–H and O–H groups in total. The summed E-state index contributed by atoms with van der Waals surface area (Å²) in [7, 11) is -7.40. The molecule has 0 amide bonds. The Labute approximate surface area is 188 Å². The largest absolute Gasteiger partial charge is 0.416 e. The van der Waals surface area contributed by atoms with Crippen molar-refractivity contribution in [2.75, 3.05) is 19.5 Å². The van der Waals surface area contributed by atoms with Crippen molar-refractivity contribution < 1.29 is 21.5 Å². The molecule has 0 aromatic carbocycles. The Hall–Kier alpha value is 0.264. The summed E-state index contributed by atoms with van der Waals surface area (Å²) in [6.45, 7) is 23.6. The van der Waals surface area contributed by atoms with Crippen LogP contribution in [-0.2, 0) is 23.2 Å². The van der Waals surface area contributed by atoms with Gasteiger partial charge in [-0.05, 0) is 61.9 Å². The first kappa shape index (κ1) is 26.5. The Bertz CT molecular complexity index is 678. The Morgan fingerprint density at radius 2 is 1.07 bits per heavy atom. The minimum atomic E-state index is -3.56. The van der Waals surface area contributed by atoms with Crippen LogP contribution in [0.1, 0.15) is 67.2 Å². The molecule has 0 aliphatic heterocycles. The van der Waals surface area contributed by atoms with E-state index in [-0.39, 0.29) is 27.0 Å². The summed E-state index contributed by atoms with van der Waals surface area (Å²) in [5.74, 6) is 0. The minimum Gasteiger partial charge on any atom is -0.416 e. The molecule has 178 valence electrons. The van der Waals surface area contributed by atoms with Crippen molar-refractivity contribution in [3.63, 3.8) is 0 Å². The predicted octanol–water partition coefficient (Wildman–Crippen LogP) is 5.94. The zero-order valence-corrected chi connectivity index (χ0v) is 24.1. The molecule has 8 heteroatoms. The molecule has 2 saturated carbocycles. The first-order valence-electron chi connectivity index (χ1n) is 11.3. The Kier molecular flexibility index (Phi) is 7.02. The molecule has 0 atom stereocenters. The zero-order valence-electron chi connectivity index (χ0n) is 21.3. The van der Waals surface area contributed by atoms with Gasteiger partial charge in [0.2, 0.25) is 0 Å². The van der Waals surface area contributed by atoms with Crippen LogP contribution in [0, 0.1) is 10.8 Å². The molecule has 0 saturated heterocycles. The molecule has 2 aliphatic carbocycles. The molecule has 0 radical (unpaired) electrons. The van der Waals surface area contributed by atoms with Gasteiger partial charge in [0.1, 0.15) is 0 Å². The quantitative estimate of drug-likeness (QED) is 0.287. The van der Waals surface area contributed by atoms with Crippen LogP contribution in [0.4, 0.5) is 0 Å². The van der Waals surface area contributed by atoms with Gasteiger partial charge in [0.25, 0.3) is 10.1 Å². The lowest BCUT2D eigenvalue weighted by molar-refractivity contribution is 0.00257. The van der Waals surface area contributed by atoms with Gasteiger partial charge in [0.15, 0.2) is 16.6 Å². The van der Waals surface area contributed by atoms with Crippen molar-refractivity contribution in [3.05, 3.63) is 0 Å². The Morgan fingerprint density at radius 1 is 0.767 bits per heavy atom. The molecule has 0 unspecified atom stereocenters. The van der Waals surface area contributed by atoms with Crippen LogP contribution in [0.25, 0.3) is 0 Å². The van der Waals surface area contributed by atoms with E-state index in [0.29, 0.717) is 13.2 Å². The van der Waals surface area contributed by atoms with E-state index in [1.54, 1.807) is 0 Å². The second-order valence-corrected chi connectivity index (χ2v) is 24.2.